The van der Waals surface area contributed by atoms with Gasteiger partial charge in [-0.3, -0.25) is 4.79 Å². The Hall–Kier alpha value is -3.42. The number of amides is 1. The zero-order chi connectivity index (χ0) is 20.1. The number of alkyl halides is 2. The number of benzene rings is 2. The first-order chi connectivity index (χ1) is 13.4. The van der Waals surface area contributed by atoms with Crippen molar-refractivity contribution in [3.8, 4) is 11.5 Å². The Balaban J connectivity index is 1.64. The molecular formula is C20H19F2N3O3. The predicted molar refractivity (Wildman–Crippen MR) is 99.7 cm³/mol. The van der Waals surface area contributed by atoms with E-state index >= 15 is 0 Å². The molecule has 28 heavy (non-hydrogen) atoms. The number of aryl methyl sites for hydroxylation is 1. The largest absolute Gasteiger partial charge is 0.486 e. The zero-order valence-corrected chi connectivity index (χ0v) is 15.4. The molecule has 0 saturated heterocycles. The molecular weight excluding hydrogens is 368 g/mol. The number of carbonyl (C=O) groups is 1. The summed E-state index contributed by atoms with van der Waals surface area (Å²) in [6.07, 6.45) is 3.52. The van der Waals surface area contributed by atoms with Gasteiger partial charge in [-0.05, 0) is 43.3 Å². The van der Waals surface area contributed by atoms with Crippen molar-refractivity contribution >= 4 is 11.6 Å². The monoisotopic (exact) mass is 387 g/mol. The van der Waals surface area contributed by atoms with Gasteiger partial charge in [0.1, 0.15) is 23.9 Å². The fourth-order valence-electron chi connectivity index (χ4n) is 2.55. The summed E-state index contributed by atoms with van der Waals surface area (Å²) in [5.74, 6) is 1.03. The van der Waals surface area contributed by atoms with Crippen LogP contribution in [0.5, 0.6) is 11.5 Å². The molecule has 1 heterocycles. The molecule has 1 aromatic heterocycles. The van der Waals surface area contributed by atoms with Gasteiger partial charge in [-0.25, -0.2) is 4.98 Å². The number of halogens is 2. The topological polar surface area (TPSA) is 65.4 Å². The molecule has 0 aliphatic carbocycles. The van der Waals surface area contributed by atoms with Crippen LogP contribution in [0.2, 0.25) is 0 Å². The van der Waals surface area contributed by atoms with Crippen LogP contribution in [0.1, 0.15) is 21.7 Å². The first-order valence-electron chi connectivity index (χ1n) is 8.49. The van der Waals surface area contributed by atoms with Gasteiger partial charge in [0.05, 0.1) is 0 Å². The van der Waals surface area contributed by atoms with Gasteiger partial charge in [-0.2, -0.15) is 8.78 Å². The maximum absolute atomic E-state index is 12.4. The Kier molecular flexibility index (Phi) is 5.88. The third kappa shape index (κ3) is 4.64. The van der Waals surface area contributed by atoms with Gasteiger partial charge >= 0.3 is 6.61 Å². The van der Waals surface area contributed by atoms with E-state index in [-0.39, 0.29) is 11.7 Å². The molecule has 3 aromatic rings. The van der Waals surface area contributed by atoms with Crippen LogP contribution in [0, 0.1) is 6.92 Å². The summed E-state index contributed by atoms with van der Waals surface area (Å²) in [4.78, 5) is 16.6. The first kappa shape index (κ1) is 19.3. The number of nitrogens with one attached hydrogen (secondary N) is 1. The van der Waals surface area contributed by atoms with Crippen LogP contribution in [0.15, 0.2) is 54.9 Å². The number of anilines is 1. The van der Waals surface area contributed by atoms with Crippen LogP contribution in [-0.2, 0) is 13.7 Å². The molecule has 0 radical (unpaired) electrons. The lowest BCUT2D eigenvalue weighted by Gasteiger charge is -2.13. The van der Waals surface area contributed by atoms with Gasteiger partial charge in [0.2, 0.25) is 0 Å². The van der Waals surface area contributed by atoms with Gasteiger partial charge in [0.15, 0.2) is 0 Å². The Morgan fingerprint density at radius 1 is 1.21 bits per heavy atom. The minimum atomic E-state index is -2.93. The summed E-state index contributed by atoms with van der Waals surface area (Å²) >= 11 is 0. The van der Waals surface area contributed by atoms with Crippen molar-refractivity contribution in [2.24, 2.45) is 7.05 Å². The number of ether oxygens (including phenoxy) is 2. The number of aromatic nitrogens is 2. The number of nitrogens with zero attached hydrogens (tertiary/aromatic N) is 2. The Morgan fingerprint density at radius 2 is 1.96 bits per heavy atom. The van der Waals surface area contributed by atoms with Crippen molar-refractivity contribution in [3.63, 3.8) is 0 Å². The third-order valence-corrected chi connectivity index (χ3v) is 4.15. The van der Waals surface area contributed by atoms with E-state index in [9.17, 15) is 13.6 Å². The Labute approximate surface area is 160 Å². The SMILES string of the molecule is Cc1c(NC(=O)c2ccc(OCc3nccn3C)cc2)cccc1OC(F)F. The first-order valence-corrected chi connectivity index (χ1v) is 8.49. The summed E-state index contributed by atoms with van der Waals surface area (Å²) in [5.41, 5.74) is 1.23. The molecule has 0 atom stereocenters. The van der Waals surface area contributed by atoms with E-state index in [1.54, 1.807) is 43.5 Å². The molecule has 0 bridgehead atoms. The average molecular weight is 387 g/mol. The van der Waals surface area contributed by atoms with E-state index in [1.807, 2.05) is 17.8 Å². The molecule has 146 valence electrons. The van der Waals surface area contributed by atoms with Gasteiger partial charge in [-0.15, -0.1) is 0 Å². The van der Waals surface area contributed by atoms with Gasteiger partial charge in [-0.1, -0.05) is 6.07 Å². The summed E-state index contributed by atoms with van der Waals surface area (Å²) in [5, 5.41) is 2.70. The standard InChI is InChI=1S/C20H19F2N3O3/c1-13-16(4-3-5-17(13)28-20(21)22)24-19(26)14-6-8-15(9-7-14)27-12-18-23-10-11-25(18)2/h3-11,20H,12H2,1-2H3,(H,24,26). The summed E-state index contributed by atoms with van der Waals surface area (Å²) < 4.78 is 36.8. The van der Waals surface area contributed by atoms with Crippen molar-refractivity contribution in [1.82, 2.24) is 9.55 Å². The number of imidazole rings is 1. The number of rotatable bonds is 7. The number of carbonyl (C=O) groups excluding carboxylic acids is 1. The van der Waals surface area contributed by atoms with Crippen molar-refractivity contribution in [3.05, 3.63) is 71.8 Å². The van der Waals surface area contributed by atoms with E-state index in [4.69, 9.17) is 4.74 Å². The molecule has 6 nitrogen and oxygen atoms in total. The maximum Gasteiger partial charge on any atom is 0.387 e. The van der Waals surface area contributed by atoms with Crippen molar-refractivity contribution < 1.29 is 23.0 Å². The second-order valence-electron chi connectivity index (χ2n) is 6.03. The highest BCUT2D eigenvalue weighted by atomic mass is 19.3. The van der Waals surface area contributed by atoms with Crippen LogP contribution >= 0.6 is 0 Å². The van der Waals surface area contributed by atoms with E-state index in [0.29, 0.717) is 29.2 Å². The highest BCUT2D eigenvalue weighted by molar-refractivity contribution is 6.04. The molecule has 2 aromatic carbocycles. The van der Waals surface area contributed by atoms with Crippen LogP contribution in [0.4, 0.5) is 14.5 Å². The minimum Gasteiger partial charge on any atom is -0.486 e. The number of hydrogen-bond donors (Lipinski definition) is 1. The smallest absolute Gasteiger partial charge is 0.387 e. The average Bonchev–Trinajstić information content (AvgIpc) is 3.08. The van der Waals surface area contributed by atoms with E-state index in [0.717, 1.165) is 5.82 Å². The van der Waals surface area contributed by atoms with Crippen molar-refractivity contribution in [1.29, 1.82) is 0 Å². The second-order valence-corrected chi connectivity index (χ2v) is 6.03. The molecule has 1 N–H and O–H groups in total. The Bertz CT molecular complexity index is 956. The maximum atomic E-state index is 12.4. The van der Waals surface area contributed by atoms with Crippen LogP contribution < -0.4 is 14.8 Å². The van der Waals surface area contributed by atoms with Crippen LogP contribution in [-0.4, -0.2) is 22.1 Å². The van der Waals surface area contributed by atoms with E-state index < -0.39 is 6.61 Å². The molecule has 0 aliphatic rings. The highest BCUT2D eigenvalue weighted by Crippen LogP contribution is 2.27. The van der Waals surface area contributed by atoms with Crippen LogP contribution in [0.25, 0.3) is 0 Å². The third-order valence-electron chi connectivity index (χ3n) is 4.15. The molecule has 0 spiro atoms. The fraction of sp³-hybridized carbons (Fsp3) is 0.200. The van der Waals surface area contributed by atoms with Crippen molar-refractivity contribution in [2.75, 3.05) is 5.32 Å². The van der Waals surface area contributed by atoms with Crippen LogP contribution in [0.3, 0.4) is 0 Å². The summed E-state index contributed by atoms with van der Waals surface area (Å²) in [6, 6.07) is 11.2. The Morgan fingerprint density at radius 3 is 2.61 bits per heavy atom. The summed E-state index contributed by atoms with van der Waals surface area (Å²) in [6.45, 7) is -1.02. The molecule has 3 rings (SSSR count). The zero-order valence-electron chi connectivity index (χ0n) is 15.4. The molecule has 8 heteroatoms. The quantitative estimate of drug-likeness (QED) is 0.661. The lowest BCUT2D eigenvalue weighted by atomic mass is 10.1. The molecule has 0 saturated carbocycles. The molecule has 1 amide bonds. The minimum absolute atomic E-state index is 0.0193. The molecule has 0 aliphatic heterocycles. The van der Waals surface area contributed by atoms with Gasteiger partial charge in [0, 0.05) is 36.3 Å². The second kappa shape index (κ2) is 8.51. The van der Waals surface area contributed by atoms with Crippen molar-refractivity contribution in [2.45, 2.75) is 20.1 Å². The fourth-order valence-corrected chi connectivity index (χ4v) is 2.55. The lowest BCUT2D eigenvalue weighted by molar-refractivity contribution is -0.0502. The lowest BCUT2D eigenvalue weighted by Crippen LogP contribution is -2.13. The van der Waals surface area contributed by atoms with E-state index in [1.165, 1.54) is 12.1 Å². The van der Waals surface area contributed by atoms with Gasteiger partial charge < -0.3 is 19.4 Å². The van der Waals surface area contributed by atoms with E-state index in [2.05, 4.69) is 15.0 Å². The molecule has 0 fully saturated rings. The van der Waals surface area contributed by atoms with Gasteiger partial charge in [0.25, 0.3) is 5.91 Å². The summed E-state index contributed by atoms with van der Waals surface area (Å²) in [7, 11) is 1.88. The highest BCUT2D eigenvalue weighted by Gasteiger charge is 2.13. The molecule has 0 unspecified atom stereocenters. The number of hydrogen-bond acceptors (Lipinski definition) is 4. The predicted octanol–water partition coefficient (Wildman–Crippen LogP) is 4.16. The normalized spacial score (nSPS) is 10.8.